The van der Waals surface area contributed by atoms with Gasteiger partial charge in [0.2, 0.25) is 0 Å². The molecule has 1 aromatic rings. The number of aromatic amines is 1. The highest BCUT2D eigenvalue weighted by molar-refractivity contribution is 5.75. The number of H-pyrrole nitrogens is 1. The molecule has 0 aliphatic heterocycles. The third-order valence-corrected chi connectivity index (χ3v) is 2.26. The number of carbonyl (C=O) groups is 1. The number of ether oxygens (including phenoxy) is 1. The number of nitrogens with zero attached hydrogens (tertiary/aromatic N) is 1. The van der Waals surface area contributed by atoms with Gasteiger partial charge in [-0.25, -0.2) is 4.98 Å². The van der Waals surface area contributed by atoms with Crippen LogP contribution in [0.3, 0.4) is 0 Å². The molecule has 0 saturated heterocycles. The van der Waals surface area contributed by atoms with E-state index in [1.54, 1.807) is 6.20 Å². The number of rotatable bonds is 7. The molecule has 0 fully saturated rings. The van der Waals surface area contributed by atoms with E-state index in [2.05, 4.69) is 9.97 Å². The SMILES string of the molecule is NCCCC(N)OC(=O)[C@@H](N)Cc1cnc[nH]1. The molecule has 7 N–H and O–H groups in total. The molecule has 1 aromatic heterocycles. The largest absolute Gasteiger partial charge is 0.446 e. The molecule has 96 valence electrons. The van der Waals surface area contributed by atoms with Crippen LogP contribution in [0.2, 0.25) is 0 Å². The van der Waals surface area contributed by atoms with Crippen LogP contribution in [0.4, 0.5) is 0 Å². The van der Waals surface area contributed by atoms with Crippen LogP contribution < -0.4 is 17.2 Å². The number of hydrogen-bond donors (Lipinski definition) is 4. The molecule has 7 nitrogen and oxygen atoms in total. The monoisotopic (exact) mass is 241 g/mol. The van der Waals surface area contributed by atoms with Gasteiger partial charge in [0, 0.05) is 18.3 Å². The second kappa shape index (κ2) is 7.00. The van der Waals surface area contributed by atoms with E-state index in [0.29, 0.717) is 25.8 Å². The fraction of sp³-hybridized carbons (Fsp3) is 0.600. The van der Waals surface area contributed by atoms with Crippen LogP contribution in [-0.2, 0) is 16.0 Å². The van der Waals surface area contributed by atoms with Crippen molar-refractivity contribution in [3.8, 4) is 0 Å². The summed E-state index contributed by atoms with van der Waals surface area (Å²) in [7, 11) is 0. The van der Waals surface area contributed by atoms with Crippen molar-refractivity contribution in [1.29, 1.82) is 0 Å². The predicted molar refractivity (Wildman–Crippen MR) is 62.6 cm³/mol. The van der Waals surface area contributed by atoms with Crippen LogP contribution in [0.25, 0.3) is 0 Å². The van der Waals surface area contributed by atoms with E-state index in [-0.39, 0.29) is 0 Å². The number of nitrogens with one attached hydrogen (secondary N) is 1. The molecule has 0 radical (unpaired) electrons. The molecular weight excluding hydrogens is 222 g/mol. The summed E-state index contributed by atoms with van der Waals surface area (Å²) in [5, 5.41) is 0. The highest BCUT2D eigenvalue weighted by Crippen LogP contribution is 2.01. The van der Waals surface area contributed by atoms with Crippen molar-refractivity contribution >= 4 is 5.97 Å². The van der Waals surface area contributed by atoms with Crippen molar-refractivity contribution in [2.45, 2.75) is 31.5 Å². The third kappa shape index (κ3) is 4.94. The Hall–Kier alpha value is -1.44. The molecule has 1 rings (SSSR count). The average Bonchev–Trinajstić information content (AvgIpc) is 2.78. The van der Waals surface area contributed by atoms with Crippen molar-refractivity contribution in [3.63, 3.8) is 0 Å². The Balaban J connectivity index is 2.31. The molecule has 0 bridgehead atoms. The minimum absolute atomic E-state index is 0.350. The van der Waals surface area contributed by atoms with E-state index >= 15 is 0 Å². The fourth-order valence-corrected chi connectivity index (χ4v) is 1.33. The molecule has 0 aliphatic rings. The zero-order valence-electron chi connectivity index (χ0n) is 9.63. The van der Waals surface area contributed by atoms with E-state index in [1.807, 2.05) is 0 Å². The minimum Gasteiger partial charge on any atom is -0.446 e. The van der Waals surface area contributed by atoms with Crippen molar-refractivity contribution in [1.82, 2.24) is 9.97 Å². The van der Waals surface area contributed by atoms with Gasteiger partial charge in [0.05, 0.1) is 6.33 Å². The first-order chi connectivity index (χ1) is 8.13. The molecule has 17 heavy (non-hydrogen) atoms. The average molecular weight is 241 g/mol. The molecular formula is C10H19N5O2. The number of esters is 1. The quantitative estimate of drug-likeness (QED) is 0.352. The molecule has 1 unspecified atom stereocenters. The van der Waals surface area contributed by atoms with Crippen LogP contribution >= 0.6 is 0 Å². The van der Waals surface area contributed by atoms with Crippen LogP contribution in [0.1, 0.15) is 18.5 Å². The Morgan fingerprint density at radius 1 is 1.53 bits per heavy atom. The van der Waals surface area contributed by atoms with Gasteiger partial charge in [-0.2, -0.15) is 0 Å². The zero-order chi connectivity index (χ0) is 12.7. The van der Waals surface area contributed by atoms with Crippen molar-refractivity contribution in [3.05, 3.63) is 18.2 Å². The first-order valence-electron chi connectivity index (χ1n) is 5.52. The van der Waals surface area contributed by atoms with Crippen LogP contribution in [0.5, 0.6) is 0 Å². The summed E-state index contributed by atoms with van der Waals surface area (Å²) >= 11 is 0. The summed E-state index contributed by atoms with van der Waals surface area (Å²) in [5.74, 6) is -0.510. The highest BCUT2D eigenvalue weighted by atomic mass is 16.6. The molecule has 0 saturated carbocycles. The lowest BCUT2D eigenvalue weighted by atomic mass is 10.2. The Labute approximate surface area is 99.7 Å². The molecule has 7 heteroatoms. The van der Waals surface area contributed by atoms with E-state index in [1.165, 1.54) is 6.33 Å². The number of carbonyl (C=O) groups excluding carboxylic acids is 1. The van der Waals surface area contributed by atoms with Crippen molar-refractivity contribution in [2.75, 3.05) is 6.54 Å². The Morgan fingerprint density at radius 3 is 2.88 bits per heavy atom. The van der Waals surface area contributed by atoms with Crippen molar-refractivity contribution in [2.24, 2.45) is 17.2 Å². The summed E-state index contributed by atoms with van der Waals surface area (Å²) < 4.78 is 4.99. The van der Waals surface area contributed by atoms with Gasteiger partial charge in [-0.1, -0.05) is 0 Å². The van der Waals surface area contributed by atoms with E-state index in [0.717, 1.165) is 5.69 Å². The standard InChI is InChI=1S/C10H19N5O2/c11-3-1-2-9(13)17-10(16)8(12)4-7-5-14-6-15-7/h5-6,8-9H,1-4,11-13H2,(H,14,15)/t8-,9?/m0/s1. The van der Waals surface area contributed by atoms with Crippen LogP contribution in [0.15, 0.2) is 12.5 Å². The van der Waals surface area contributed by atoms with Gasteiger partial charge in [0.1, 0.15) is 6.04 Å². The fourth-order valence-electron chi connectivity index (χ4n) is 1.33. The first-order valence-corrected chi connectivity index (χ1v) is 5.52. The molecule has 0 spiro atoms. The molecule has 2 atom stereocenters. The molecule has 1 heterocycles. The number of aromatic nitrogens is 2. The smallest absolute Gasteiger partial charge is 0.324 e. The summed E-state index contributed by atoms with van der Waals surface area (Å²) in [6, 6.07) is -0.737. The maximum Gasteiger partial charge on any atom is 0.324 e. The normalized spacial score (nSPS) is 14.3. The van der Waals surface area contributed by atoms with E-state index in [9.17, 15) is 4.79 Å². The molecule has 0 aliphatic carbocycles. The zero-order valence-corrected chi connectivity index (χ0v) is 9.63. The third-order valence-electron chi connectivity index (χ3n) is 2.26. The summed E-state index contributed by atoms with van der Waals surface area (Å²) in [5.41, 5.74) is 17.4. The number of nitrogens with two attached hydrogens (primary N) is 3. The highest BCUT2D eigenvalue weighted by Gasteiger charge is 2.18. The van der Waals surface area contributed by atoms with Gasteiger partial charge >= 0.3 is 5.97 Å². The van der Waals surface area contributed by atoms with Gasteiger partial charge in [-0.05, 0) is 19.4 Å². The Bertz CT molecular complexity index is 327. The minimum atomic E-state index is -0.737. The van der Waals surface area contributed by atoms with Crippen LogP contribution in [0, 0.1) is 0 Å². The lowest BCUT2D eigenvalue weighted by Crippen LogP contribution is -2.39. The summed E-state index contributed by atoms with van der Waals surface area (Å²) in [6.07, 6.45) is 4.10. The number of imidazole rings is 1. The Kier molecular flexibility index (Phi) is 5.61. The van der Waals surface area contributed by atoms with Gasteiger partial charge in [0.25, 0.3) is 0 Å². The van der Waals surface area contributed by atoms with E-state index < -0.39 is 18.2 Å². The van der Waals surface area contributed by atoms with Gasteiger partial charge < -0.3 is 21.2 Å². The predicted octanol–water partition coefficient (Wildman–Crippen LogP) is -1.15. The summed E-state index contributed by atoms with van der Waals surface area (Å²) in [4.78, 5) is 18.2. The topological polar surface area (TPSA) is 133 Å². The van der Waals surface area contributed by atoms with Gasteiger partial charge in [-0.15, -0.1) is 0 Å². The van der Waals surface area contributed by atoms with Gasteiger partial charge in [0.15, 0.2) is 6.23 Å². The lowest BCUT2D eigenvalue weighted by Gasteiger charge is -2.15. The number of hydrogen-bond acceptors (Lipinski definition) is 6. The van der Waals surface area contributed by atoms with E-state index in [4.69, 9.17) is 21.9 Å². The Morgan fingerprint density at radius 2 is 2.29 bits per heavy atom. The lowest BCUT2D eigenvalue weighted by molar-refractivity contribution is -0.150. The van der Waals surface area contributed by atoms with Gasteiger partial charge in [-0.3, -0.25) is 10.5 Å². The second-order valence-corrected chi connectivity index (χ2v) is 3.79. The van der Waals surface area contributed by atoms with Crippen molar-refractivity contribution < 1.29 is 9.53 Å². The van der Waals surface area contributed by atoms with Crippen LogP contribution in [-0.4, -0.2) is 34.8 Å². The molecule has 0 aromatic carbocycles. The first kappa shape index (κ1) is 13.6. The maximum absolute atomic E-state index is 11.6. The second-order valence-electron chi connectivity index (χ2n) is 3.79. The maximum atomic E-state index is 11.6. The molecule has 0 amide bonds. The summed E-state index contributed by atoms with van der Waals surface area (Å²) in [6.45, 7) is 0.519.